The molecule has 1 aliphatic heterocycles. The van der Waals surface area contributed by atoms with Crippen LogP contribution in [0.15, 0.2) is 72.0 Å². The lowest BCUT2D eigenvalue weighted by Gasteiger charge is -2.40. The molecule has 0 radical (unpaired) electrons. The van der Waals surface area contributed by atoms with Crippen molar-refractivity contribution in [3.8, 4) is 16.9 Å². The molecule has 0 aliphatic carbocycles. The molecule has 41 heavy (non-hydrogen) atoms. The van der Waals surface area contributed by atoms with Gasteiger partial charge in [0.05, 0.1) is 11.1 Å². The zero-order valence-electron chi connectivity index (χ0n) is 24.3. The maximum atomic E-state index is 15.9. The largest absolute Gasteiger partial charge is 0.355 e. The van der Waals surface area contributed by atoms with E-state index < -0.39 is 11.5 Å². The average molecular weight is 554 g/mol. The highest BCUT2D eigenvalue weighted by Gasteiger charge is 2.30. The number of hydrogen-bond acceptors (Lipinski definition) is 5. The number of rotatable bonds is 6. The van der Waals surface area contributed by atoms with E-state index in [1.807, 2.05) is 48.2 Å². The number of fused-ring (bicyclic) bond motifs is 1. The van der Waals surface area contributed by atoms with Crippen molar-refractivity contribution in [3.63, 3.8) is 0 Å². The van der Waals surface area contributed by atoms with Gasteiger partial charge in [-0.25, -0.2) is 18.7 Å². The third kappa shape index (κ3) is 5.14. The van der Waals surface area contributed by atoms with Crippen LogP contribution in [0.2, 0.25) is 0 Å². The van der Waals surface area contributed by atoms with E-state index in [1.54, 1.807) is 21.6 Å². The first kappa shape index (κ1) is 28.2. The van der Waals surface area contributed by atoms with Gasteiger partial charge < -0.3 is 9.80 Å². The van der Waals surface area contributed by atoms with Crippen LogP contribution in [0.4, 0.5) is 10.2 Å². The molecule has 1 saturated heterocycles. The number of hydrogen-bond donors (Lipinski definition) is 0. The first-order chi connectivity index (χ1) is 19.6. The summed E-state index contributed by atoms with van der Waals surface area (Å²) in [5, 5.41) is 0.449. The van der Waals surface area contributed by atoms with Crippen molar-refractivity contribution in [3.05, 3.63) is 94.7 Å². The molecule has 0 bridgehead atoms. The van der Waals surface area contributed by atoms with Crippen LogP contribution in [-0.2, 0) is 4.79 Å². The maximum absolute atomic E-state index is 15.9. The third-order valence-corrected chi connectivity index (χ3v) is 7.80. The average Bonchev–Trinajstić information content (AvgIpc) is 2.96. The standard InChI is InChI=1S/C33H36FN5O2/c1-7-28(40)37-16-17-38(22(6)19-37)31-26-18-27(34)29(23-12-9-8-10-13-23)35-32(26)39(33(41)36-31)30-24(20(2)3)14-11-15-25(30)21(4)5/h7-15,18,20-22H,1,16-17,19H2,2-6H3/t22-/m0/s1. The molecular weight excluding hydrogens is 517 g/mol. The van der Waals surface area contributed by atoms with E-state index in [0.717, 1.165) is 16.8 Å². The van der Waals surface area contributed by atoms with E-state index in [-0.39, 0.29) is 29.5 Å². The van der Waals surface area contributed by atoms with Crippen molar-refractivity contribution in [2.45, 2.75) is 52.5 Å². The molecule has 1 atom stereocenters. The Morgan fingerprint density at radius 3 is 2.24 bits per heavy atom. The lowest BCUT2D eigenvalue weighted by Crippen LogP contribution is -2.54. The lowest BCUT2D eigenvalue weighted by atomic mass is 9.92. The molecule has 7 nitrogen and oxygen atoms in total. The number of anilines is 1. The number of nitrogens with zero attached hydrogens (tertiary/aromatic N) is 5. The van der Waals surface area contributed by atoms with Gasteiger partial charge in [0, 0.05) is 31.2 Å². The maximum Gasteiger partial charge on any atom is 0.355 e. The molecule has 0 spiro atoms. The number of carbonyl (C=O) groups is 1. The summed E-state index contributed by atoms with van der Waals surface area (Å²) in [6.45, 7) is 15.2. The van der Waals surface area contributed by atoms with Crippen molar-refractivity contribution in [1.29, 1.82) is 0 Å². The van der Waals surface area contributed by atoms with E-state index in [2.05, 4.69) is 39.3 Å². The number of benzene rings is 2. The van der Waals surface area contributed by atoms with Crippen LogP contribution in [0.1, 0.15) is 57.6 Å². The van der Waals surface area contributed by atoms with Gasteiger partial charge in [-0.05, 0) is 42.0 Å². The first-order valence-electron chi connectivity index (χ1n) is 14.1. The molecule has 0 saturated carbocycles. The van der Waals surface area contributed by atoms with Crippen LogP contribution in [-0.4, -0.2) is 51.0 Å². The first-order valence-corrected chi connectivity index (χ1v) is 14.1. The Bertz CT molecular complexity index is 1650. The van der Waals surface area contributed by atoms with Crippen molar-refractivity contribution < 1.29 is 9.18 Å². The van der Waals surface area contributed by atoms with E-state index in [9.17, 15) is 9.59 Å². The topological polar surface area (TPSA) is 71.3 Å². The van der Waals surface area contributed by atoms with E-state index in [4.69, 9.17) is 4.98 Å². The van der Waals surface area contributed by atoms with E-state index >= 15 is 4.39 Å². The second-order valence-corrected chi connectivity index (χ2v) is 11.2. The second kappa shape index (κ2) is 11.3. The van der Waals surface area contributed by atoms with Gasteiger partial charge in [0.2, 0.25) is 5.91 Å². The number of pyridine rings is 1. The Hall–Kier alpha value is -4.33. The summed E-state index contributed by atoms with van der Waals surface area (Å²) in [5.41, 5.74) is 3.41. The Kier molecular flexibility index (Phi) is 7.76. The Balaban J connectivity index is 1.83. The minimum atomic E-state index is -0.494. The number of para-hydroxylation sites is 1. The third-order valence-electron chi connectivity index (χ3n) is 7.80. The minimum absolute atomic E-state index is 0.120. The highest BCUT2D eigenvalue weighted by atomic mass is 19.1. The van der Waals surface area contributed by atoms with Crippen molar-refractivity contribution >= 4 is 22.8 Å². The number of halogens is 1. The summed E-state index contributed by atoms with van der Waals surface area (Å²) >= 11 is 0. The summed E-state index contributed by atoms with van der Waals surface area (Å²) in [6, 6.07) is 16.5. The number of amides is 1. The van der Waals surface area contributed by atoms with Crippen LogP contribution < -0.4 is 10.6 Å². The van der Waals surface area contributed by atoms with Crippen molar-refractivity contribution in [2.75, 3.05) is 24.5 Å². The molecule has 2 aromatic heterocycles. The Labute approximate surface area is 240 Å². The summed E-state index contributed by atoms with van der Waals surface area (Å²) < 4.78 is 17.4. The van der Waals surface area contributed by atoms with Gasteiger partial charge in [-0.1, -0.05) is 82.8 Å². The van der Waals surface area contributed by atoms with Gasteiger partial charge >= 0.3 is 5.69 Å². The zero-order chi connectivity index (χ0) is 29.4. The van der Waals surface area contributed by atoms with Gasteiger partial charge in [-0.2, -0.15) is 4.98 Å². The quantitative estimate of drug-likeness (QED) is 0.272. The smallest absolute Gasteiger partial charge is 0.350 e. The molecule has 3 heterocycles. The second-order valence-electron chi connectivity index (χ2n) is 11.2. The molecule has 5 rings (SSSR count). The number of piperazine rings is 1. The summed E-state index contributed by atoms with van der Waals surface area (Å²) in [6.07, 6.45) is 1.31. The fourth-order valence-corrected chi connectivity index (χ4v) is 5.70. The van der Waals surface area contributed by atoms with Gasteiger partial charge in [-0.3, -0.25) is 4.79 Å². The number of carbonyl (C=O) groups excluding carboxylic acids is 1. The molecule has 212 valence electrons. The summed E-state index contributed by atoms with van der Waals surface area (Å²) in [7, 11) is 0. The minimum Gasteiger partial charge on any atom is -0.350 e. The molecule has 4 aromatic rings. The Morgan fingerprint density at radius 1 is 1.00 bits per heavy atom. The van der Waals surface area contributed by atoms with E-state index in [0.29, 0.717) is 42.0 Å². The van der Waals surface area contributed by atoms with Crippen LogP contribution >= 0.6 is 0 Å². The van der Waals surface area contributed by atoms with Crippen LogP contribution in [0.25, 0.3) is 28.0 Å². The normalized spacial score (nSPS) is 15.7. The van der Waals surface area contributed by atoms with E-state index in [1.165, 1.54) is 12.1 Å². The molecule has 0 N–H and O–H groups in total. The van der Waals surface area contributed by atoms with Crippen LogP contribution in [0.5, 0.6) is 0 Å². The summed E-state index contributed by atoms with van der Waals surface area (Å²) in [5.74, 6) is -0.0222. The molecule has 8 heteroatoms. The van der Waals surface area contributed by atoms with Crippen LogP contribution in [0, 0.1) is 5.82 Å². The zero-order valence-corrected chi connectivity index (χ0v) is 24.3. The lowest BCUT2D eigenvalue weighted by molar-refractivity contribution is -0.126. The fraction of sp³-hybridized carbons (Fsp3) is 0.333. The highest BCUT2D eigenvalue weighted by Crippen LogP contribution is 2.35. The predicted molar refractivity (Wildman–Crippen MR) is 162 cm³/mol. The van der Waals surface area contributed by atoms with Gasteiger partial charge in [0.25, 0.3) is 0 Å². The molecular formula is C33H36FN5O2. The molecule has 1 amide bonds. The molecule has 0 unspecified atom stereocenters. The number of aromatic nitrogens is 3. The van der Waals surface area contributed by atoms with Crippen LogP contribution in [0.3, 0.4) is 0 Å². The predicted octanol–water partition coefficient (Wildman–Crippen LogP) is 6.06. The SMILES string of the molecule is C=CC(=O)N1CCN(c2nc(=O)n(-c3c(C(C)C)cccc3C(C)C)c3nc(-c4ccccc4)c(F)cc23)[C@@H](C)C1. The fourth-order valence-electron chi connectivity index (χ4n) is 5.70. The van der Waals surface area contributed by atoms with Gasteiger partial charge in [0.15, 0.2) is 5.65 Å². The molecule has 1 aliphatic rings. The molecule has 2 aromatic carbocycles. The molecule has 1 fully saturated rings. The summed E-state index contributed by atoms with van der Waals surface area (Å²) in [4.78, 5) is 39.5. The Morgan fingerprint density at radius 2 is 1.66 bits per heavy atom. The van der Waals surface area contributed by atoms with Crippen molar-refractivity contribution in [2.24, 2.45) is 0 Å². The monoisotopic (exact) mass is 553 g/mol. The van der Waals surface area contributed by atoms with Gasteiger partial charge in [0.1, 0.15) is 17.3 Å². The van der Waals surface area contributed by atoms with Gasteiger partial charge in [-0.15, -0.1) is 0 Å². The highest BCUT2D eigenvalue weighted by molar-refractivity contribution is 5.91. The van der Waals surface area contributed by atoms with Crippen molar-refractivity contribution in [1.82, 2.24) is 19.4 Å².